The molecule has 132 valence electrons. The Morgan fingerprint density at radius 1 is 1.33 bits per heavy atom. The number of nitrogens with two attached hydrogens (primary N) is 1. The Hall–Kier alpha value is -2.64. The standard InChI is InChI=1S/C16H22FN3O4/c1-4-9(2)14(20-16(18)23)15(22)24-8-13(21)19-12-7-11(17)6-5-10(12)3/h5-7,9,14H,4,8H2,1-3H3,(H,19,21)(H3,18,20,23)/t9-,14+/m0/s1. The molecule has 8 heteroatoms. The lowest BCUT2D eigenvalue weighted by atomic mass is 9.99. The third-order valence-corrected chi connectivity index (χ3v) is 3.58. The lowest BCUT2D eigenvalue weighted by Gasteiger charge is -2.21. The van der Waals surface area contributed by atoms with Gasteiger partial charge in [-0.3, -0.25) is 4.79 Å². The molecule has 4 N–H and O–H groups in total. The summed E-state index contributed by atoms with van der Waals surface area (Å²) in [5.41, 5.74) is 6.01. The average Bonchev–Trinajstić information content (AvgIpc) is 2.52. The maximum absolute atomic E-state index is 13.2. The van der Waals surface area contributed by atoms with Crippen LogP contribution in [0.5, 0.6) is 0 Å². The lowest BCUT2D eigenvalue weighted by molar-refractivity contribution is -0.150. The minimum absolute atomic E-state index is 0.210. The summed E-state index contributed by atoms with van der Waals surface area (Å²) in [4.78, 5) is 34.8. The number of hydrogen-bond donors (Lipinski definition) is 3. The van der Waals surface area contributed by atoms with Crippen LogP contribution in [0.1, 0.15) is 25.8 Å². The maximum atomic E-state index is 13.2. The van der Waals surface area contributed by atoms with E-state index >= 15 is 0 Å². The molecule has 1 rings (SSSR count). The Labute approximate surface area is 139 Å². The SMILES string of the molecule is CC[C@H](C)[C@@H](NC(N)=O)C(=O)OCC(=O)Nc1cc(F)ccc1C. The van der Waals surface area contributed by atoms with Gasteiger partial charge >= 0.3 is 12.0 Å². The molecule has 1 aromatic carbocycles. The first-order chi connectivity index (χ1) is 11.2. The van der Waals surface area contributed by atoms with Gasteiger partial charge in [-0.05, 0) is 30.5 Å². The number of primary amides is 1. The van der Waals surface area contributed by atoms with E-state index in [1.807, 2.05) is 6.92 Å². The lowest BCUT2D eigenvalue weighted by Crippen LogP contribution is -2.48. The monoisotopic (exact) mass is 339 g/mol. The molecule has 0 aliphatic rings. The highest BCUT2D eigenvalue weighted by Gasteiger charge is 2.27. The second-order valence-electron chi connectivity index (χ2n) is 5.49. The van der Waals surface area contributed by atoms with Crippen molar-refractivity contribution in [1.82, 2.24) is 5.32 Å². The van der Waals surface area contributed by atoms with Crippen molar-refractivity contribution in [2.75, 3.05) is 11.9 Å². The average molecular weight is 339 g/mol. The molecule has 24 heavy (non-hydrogen) atoms. The molecule has 0 spiro atoms. The molecule has 0 aliphatic heterocycles. The van der Waals surface area contributed by atoms with Crippen LogP contribution in [0.2, 0.25) is 0 Å². The van der Waals surface area contributed by atoms with Crippen LogP contribution in [0, 0.1) is 18.7 Å². The number of benzene rings is 1. The van der Waals surface area contributed by atoms with Gasteiger partial charge in [-0.15, -0.1) is 0 Å². The van der Waals surface area contributed by atoms with Crippen LogP contribution in [-0.4, -0.2) is 30.6 Å². The van der Waals surface area contributed by atoms with Crippen molar-refractivity contribution in [2.24, 2.45) is 11.7 Å². The largest absolute Gasteiger partial charge is 0.454 e. The van der Waals surface area contributed by atoms with E-state index in [1.54, 1.807) is 13.8 Å². The third kappa shape index (κ3) is 5.86. The fourth-order valence-electron chi connectivity index (χ4n) is 1.96. The van der Waals surface area contributed by atoms with Crippen molar-refractivity contribution >= 4 is 23.6 Å². The molecule has 3 amide bonds. The topological polar surface area (TPSA) is 111 Å². The number of esters is 1. The van der Waals surface area contributed by atoms with Crippen molar-refractivity contribution < 1.29 is 23.5 Å². The van der Waals surface area contributed by atoms with Gasteiger partial charge in [0.25, 0.3) is 5.91 Å². The molecule has 2 atom stereocenters. The van der Waals surface area contributed by atoms with E-state index in [4.69, 9.17) is 10.5 Å². The minimum atomic E-state index is -0.934. The van der Waals surface area contributed by atoms with Crippen molar-refractivity contribution in [3.63, 3.8) is 0 Å². The Morgan fingerprint density at radius 2 is 2.00 bits per heavy atom. The number of carbonyl (C=O) groups is 3. The first kappa shape index (κ1) is 19.4. The summed E-state index contributed by atoms with van der Waals surface area (Å²) >= 11 is 0. The number of anilines is 1. The number of carbonyl (C=O) groups excluding carboxylic acids is 3. The molecule has 0 heterocycles. The second-order valence-corrected chi connectivity index (χ2v) is 5.49. The molecule has 0 radical (unpaired) electrons. The molecule has 0 saturated heterocycles. The summed E-state index contributed by atoms with van der Waals surface area (Å²) in [5, 5.41) is 4.76. The Morgan fingerprint density at radius 3 is 2.58 bits per heavy atom. The Bertz CT molecular complexity index is 621. The molecule has 0 saturated carbocycles. The molecular weight excluding hydrogens is 317 g/mol. The van der Waals surface area contributed by atoms with Crippen LogP contribution in [0.25, 0.3) is 0 Å². The van der Waals surface area contributed by atoms with Crippen LogP contribution in [0.15, 0.2) is 18.2 Å². The highest BCUT2D eigenvalue weighted by molar-refractivity contribution is 5.94. The number of halogens is 1. The predicted octanol–water partition coefficient (Wildman–Crippen LogP) is 1.70. The van der Waals surface area contributed by atoms with Crippen molar-refractivity contribution in [2.45, 2.75) is 33.2 Å². The quantitative estimate of drug-likeness (QED) is 0.657. The number of amides is 3. The molecule has 7 nitrogen and oxygen atoms in total. The molecular formula is C16H22FN3O4. The van der Waals surface area contributed by atoms with Gasteiger partial charge in [-0.25, -0.2) is 14.0 Å². The first-order valence-corrected chi connectivity index (χ1v) is 7.53. The third-order valence-electron chi connectivity index (χ3n) is 3.58. The van der Waals surface area contributed by atoms with Gasteiger partial charge in [0.1, 0.15) is 11.9 Å². The number of rotatable bonds is 7. The highest BCUT2D eigenvalue weighted by Crippen LogP contribution is 2.16. The first-order valence-electron chi connectivity index (χ1n) is 7.53. The van der Waals surface area contributed by atoms with Crippen molar-refractivity contribution in [1.29, 1.82) is 0 Å². The van der Waals surface area contributed by atoms with Crippen LogP contribution in [0.4, 0.5) is 14.9 Å². The van der Waals surface area contributed by atoms with Crippen LogP contribution in [-0.2, 0) is 14.3 Å². The Balaban J connectivity index is 2.62. The molecule has 0 fully saturated rings. The molecule has 1 aromatic rings. The molecule has 0 unspecified atom stereocenters. The maximum Gasteiger partial charge on any atom is 0.329 e. The number of hydrogen-bond acceptors (Lipinski definition) is 4. The zero-order chi connectivity index (χ0) is 18.3. The number of ether oxygens (including phenoxy) is 1. The smallest absolute Gasteiger partial charge is 0.329 e. The van der Waals surface area contributed by atoms with Gasteiger partial charge in [0.15, 0.2) is 6.61 Å². The summed E-state index contributed by atoms with van der Waals surface area (Å²) in [6, 6.07) is 2.18. The summed E-state index contributed by atoms with van der Waals surface area (Å²) in [6.07, 6.45) is 0.606. The summed E-state index contributed by atoms with van der Waals surface area (Å²) < 4.78 is 18.1. The molecule has 0 bridgehead atoms. The molecule has 0 aliphatic carbocycles. The van der Waals surface area contributed by atoms with E-state index in [-0.39, 0.29) is 5.92 Å². The normalized spacial score (nSPS) is 12.8. The van der Waals surface area contributed by atoms with Crippen molar-refractivity contribution in [3.8, 4) is 0 Å². The van der Waals surface area contributed by atoms with Gasteiger partial charge in [-0.2, -0.15) is 0 Å². The summed E-state index contributed by atoms with van der Waals surface area (Å²) in [5.74, 6) is -2.07. The number of urea groups is 1. The van der Waals surface area contributed by atoms with E-state index in [0.29, 0.717) is 17.7 Å². The van der Waals surface area contributed by atoms with Gasteiger partial charge in [-0.1, -0.05) is 26.3 Å². The highest BCUT2D eigenvalue weighted by atomic mass is 19.1. The fourth-order valence-corrected chi connectivity index (χ4v) is 1.96. The number of nitrogens with one attached hydrogen (secondary N) is 2. The Kier molecular flexibility index (Phi) is 7.16. The van der Waals surface area contributed by atoms with Gasteiger partial charge in [0.05, 0.1) is 0 Å². The zero-order valence-corrected chi connectivity index (χ0v) is 13.9. The summed E-state index contributed by atoms with van der Waals surface area (Å²) in [7, 11) is 0. The van der Waals surface area contributed by atoms with E-state index in [9.17, 15) is 18.8 Å². The fraction of sp³-hybridized carbons (Fsp3) is 0.438. The number of aryl methyl sites for hydroxylation is 1. The van der Waals surface area contributed by atoms with Crippen molar-refractivity contribution in [3.05, 3.63) is 29.6 Å². The predicted molar refractivity (Wildman–Crippen MR) is 86.7 cm³/mol. The van der Waals surface area contributed by atoms with Crippen LogP contribution in [0.3, 0.4) is 0 Å². The zero-order valence-electron chi connectivity index (χ0n) is 13.9. The van der Waals surface area contributed by atoms with Crippen LogP contribution >= 0.6 is 0 Å². The van der Waals surface area contributed by atoms with E-state index in [2.05, 4.69) is 10.6 Å². The van der Waals surface area contributed by atoms with Gasteiger partial charge in [0, 0.05) is 5.69 Å². The molecule has 0 aromatic heterocycles. The van der Waals surface area contributed by atoms with E-state index in [0.717, 1.165) is 0 Å². The summed E-state index contributed by atoms with van der Waals surface area (Å²) in [6.45, 7) is 4.74. The van der Waals surface area contributed by atoms with E-state index < -0.39 is 36.4 Å². The van der Waals surface area contributed by atoms with Gasteiger partial charge < -0.3 is 21.1 Å². The van der Waals surface area contributed by atoms with E-state index in [1.165, 1.54) is 18.2 Å². The van der Waals surface area contributed by atoms with Crippen LogP contribution < -0.4 is 16.4 Å². The second kappa shape index (κ2) is 8.85. The minimum Gasteiger partial charge on any atom is -0.454 e. The van der Waals surface area contributed by atoms with Gasteiger partial charge in [0.2, 0.25) is 0 Å².